The Hall–Kier alpha value is -1.39. The van der Waals surface area contributed by atoms with E-state index in [0.29, 0.717) is 6.04 Å². The highest BCUT2D eigenvalue weighted by Crippen LogP contribution is 2.28. The highest BCUT2D eigenvalue weighted by atomic mass is 79.9. The molecule has 112 valence electrons. The third kappa shape index (κ3) is 4.05. The van der Waals surface area contributed by atoms with Crippen LogP contribution in [0.3, 0.4) is 0 Å². The molecule has 1 heterocycles. The predicted octanol–water partition coefficient (Wildman–Crippen LogP) is 4.07. The van der Waals surface area contributed by atoms with Crippen molar-refractivity contribution in [3.05, 3.63) is 57.8 Å². The fourth-order valence-corrected chi connectivity index (χ4v) is 2.99. The van der Waals surface area contributed by atoms with E-state index in [0.717, 1.165) is 22.4 Å². The second kappa shape index (κ2) is 7.05. The molecule has 2 aromatic rings. The molecule has 1 aromatic carbocycles. The lowest BCUT2D eigenvalue weighted by Crippen LogP contribution is -2.18. The molecule has 0 amide bonds. The van der Waals surface area contributed by atoms with Gasteiger partial charge in [0, 0.05) is 28.9 Å². The van der Waals surface area contributed by atoms with Crippen LogP contribution in [-0.2, 0) is 6.54 Å². The maximum absolute atomic E-state index is 4.56. The van der Waals surface area contributed by atoms with Gasteiger partial charge in [0.05, 0.1) is 12.2 Å². The molecule has 0 bridgehead atoms. The molecular weight excluding hydrogens is 326 g/mol. The van der Waals surface area contributed by atoms with Crippen LogP contribution in [-0.4, -0.2) is 19.1 Å². The van der Waals surface area contributed by atoms with Crippen LogP contribution in [0.2, 0.25) is 0 Å². The predicted molar refractivity (Wildman–Crippen MR) is 92.7 cm³/mol. The summed E-state index contributed by atoms with van der Waals surface area (Å²) in [6, 6.07) is 13.0. The zero-order valence-corrected chi connectivity index (χ0v) is 14.6. The zero-order valence-electron chi connectivity index (χ0n) is 13.0. The van der Waals surface area contributed by atoms with E-state index in [9.17, 15) is 0 Å². The fraction of sp³-hybridized carbons (Fsp3) is 0.353. The van der Waals surface area contributed by atoms with Crippen molar-refractivity contribution in [3.8, 4) is 0 Å². The molecule has 0 aliphatic rings. The number of rotatable bonds is 5. The lowest BCUT2D eigenvalue weighted by Gasteiger charge is -2.21. The number of hydrogen-bond donors (Lipinski definition) is 1. The topological polar surface area (TPSA) is 28.2 Å². The summed E-state index contributed by atoms with van der Waals surface area (Å²) in [6.07, 6.45) is 0. The van der Waals surface area contributed by atoms with Crippen LogP contribution >= 0.6 is 15.9 Å². The quantitative estimate of drug-likeness (QED) is 0.883. The summed E-state index contributed by atoms with van der Waals surface area (Å²) in [4.78, 5) is 6.77. The minimum atomic E-state index is 0.331. The number of aromatic nitrogens is 1. The van der Waals surface area contributed by atoms with Crippen LogP contribution in [0.15, 0.2) is 40.9 Å². The Bertz CT molecular complexity index is 613. The Morgan fingerprint density at radius 2 is 2.05 bits per heavy atom. The number of nitrogens with zero attached hydrogens (tertiary/aromatic N) is 2. The maximum atomic E-state index is 4.56. The van der Waals surface area contributed by atoms with E-state index in [-0.39, 0.29) is 0 Å². The first kappa shape index (κ1) is 16.0. The fourth-order valence-electron chi connectivity index (χ4n) is 2.28. The zero-order chi connectivity index (χ0) is 15.4. The second-order valence-electron chi connectivity index (χ2n) is 5.34. The highest BCUT2D eigenvalue weighted by Gasteiger charge is 2.10. The van der Waals surface area contributed by atoms with Crippen LogP contribution in [0.25, 0.3) is 0 Å². The normalized spacial score (nSPS) is 12.2. The van der Waals surface area contributed by atoms with Gasteiger partial charge in [-0.15, -0.1) is 0 Å². The van der Waals surface area contributed by atoms with Crippen molar-refractivity contribution in [1.29, 1.82) is 0 Å². The van der Waals surface area contributed by atoms with Gasteiger partial charge in [0.25, 0.3) is 0 Å². The highest BCUT2D eigenvalue weighted by molar-refractivity contribution is 9.10. The van der Waals surface area contributed by atoms with Gasteiger partial charge in [-0.25, -0.2) is 0 Å². The van der Waals surface area contributed by atoms with Crippen LogP contribution < -0.4 is 10.2 Å². The number of halogens is 1. The molecular formula is C17H22BrN3. The molecule has 4 heteroatoms. The lowest BCUT2D eigenvalue weighted by atomic mass is 10.1. The van der Waals surface area contributed by atoms with Crippen molar-refractivity contribution >= 4 is 21.6 Å². The van der Waals surface area contributed by atoms with Gasteiger partial charge in [0.1, 0.15) is 0 Å². The SMILES string of the molecule is CNC(C)c1ccc(N(C)Cc2cccc(C)n2)cc1Br. The summed E-state index contributed by atoms with van der Waals surface area (Å²) < 4.78 is 1.13. The largest absolute Gasteiger partial charge is 0.369 e. The number of anilines is 1. The molecule has 1 aromatic heterocycles. The van der Waals surface area contributed by atoms with Crippen LogP contribution in [0, 0.1) is 6.92 Å². The van der Waals surface area contributed by atoms with Gasteiger partial charge in [-0.2, -0.15) is 0 Å². The van der Waals surface area contributed by atoms with Gasteiger partial charge in [-0.1, -0.05) is 28.1 Å². The van der Waals surface area contributed by atoms with Gasteiger partial charge >= 0.3 is 0 Å². The molecule has 0 aliphatic heterocycles. The molecule has 0 aliphatic carbocycles. The van der Waals surface area contributed by atoms with E-state index >= 15 is 0 Å². The van der Waals surface area contributed by atoms with E-state index in [1.807, 2.05) is 20.0 Å². The maximum Gasteiger partial charge on any atom is 0.0600 e. The third-order valence-electron chi connectivity index (χ3n) is 3.67. The van der Waals surface area contributed by atoms with Gasteiger partial charge in [0.2, 0.25) is 0 Å². The molecule has 2 rings (SSSR count). The summed E-state index contributed by atoms with van der Waals surface area (Å²) >= 11 is 3.67. The second-order valence-corrected chi connectivity index (χ2v) is 6.20. The standard InChI is InChI=1S/C17H22BrN3/c1-12-6-5-7-14(20-12)11-21(4)15-8-9-16(13(2)19-3)17(18)10-15/h5-10,13,19H,11H2,1-4H3. The van der Waals surface area contributed by atoms with Crippen molar-refractivity contribution < 1.29 is 0 Å². The first-order valence-electron chi connectivity index (χ1n) is 7.11. The van der Waals surface area contributed by atoms with E-state index in [1.54, 1.807) is 0 Å². The van der Waals surface area contributed by atoms with E-state index in [1.165, 1.54) is 11.3 Å². The Kier molecular flexibility index (Phi) is 5.37. The number of pyridine rings is 1. The summed E-state index contributed by atoms with van der Waals surface area (Å²) in [5.41, 5.74) is 4.59. The van der Waals surface area contributed by atoms with Crippen LogP contribution in [0.5, 0.6) is 0 Å². The van der Waals surface area contributed by atoms with Gasteiger partial charge in [-0.3, -0.25) is 4.98 Å². The molecule has 0 spiro atoms. The summed E-state index contributed by atoms with van der Waals surface area (Å²) in [6.45, 7) is 4.98. The number of nitrogens with one attached hydrogen (secondary N) is 1. The molecule has 0 radical (unpaired) electrons. The van der Waals surface area contributed by atoms with Crippen molar-refractivity contribution in [3.63, 3.8) is 0 Å². The number of aryl methyl sites for hydroxylation is 1. The van der Waals surface area contributed by atoms with Gasteiger partial charge in [-0.05, 0) is 50.7 Å². The average molecular weight is 348 g/mol. The Morgan fingerprint density at radius 1 is 1.29 bits per heavy atom. The lowest BCUT2D eigenvalue weighted by molar-refractivity contribution is 0.649. The first-order valence-corrected chi connectivity index (χ1v) is 7.91. The van der Waals surface area contributed by atoms with E-state index < -0.39 is 0 Å². The summed E-state index contributed by atoms with van der Waals surface area (Å²) in [5, 5.41) is 3.26. The summed E-state index contributed by atoms with van der Waals surface area (Å²) in [5.74, 6) is 0. The first-order chi connectivity index (χ1) is 10.0. The minimum Gasteiger partial charge on any atom is -0.369 e. The van der Waals surface area contributed by atoms with Gasteiger partial charge in [0.15, 0.2) is 0 Å². The minimum absolute atomic E-state index is 0.331. The Morgan fingerprint density at radius 3 is 2.67 bits per heavy atom. The smallest absolute Gasteiger partial charge is 0.0600 e. The van der Waals surface area contributed by atoms with E-state index in [2.05, 4.69) is 75.4 Å². The molecule has 3 nitrogen and oxygen atoms in total. The van der Waals surface area contributed by atoms with Crippen LogP contribution in [0.1, 0.15) is 29.9 Å². The van der Waals surface area contributed by atoms with Crippen molar-refractivity contribution in [1.82, 2.24) is 10.3 Å². The third-order valence-corrected chi connectivity index (χ3v) is 4.36. The average Bonchev–Trinajstić information content (AvgIpc) is 2.46. The number of hydrogen-bond acceptors (Lipinski definition) is 3. The molecule has 21 heavy (non-hydrogen) atoms. The van der Waals surface area contributed by atoms with Crippen molar-refractivity contribution in [2.45, 2.75) is 26.4 Å². The van der Waals surface area contributed by atoms with Crippen molar-refractivity contribution in [2.24, 2.45) is 0 Å². The van der Waals surface area contributed by atoms with E-state index in [4.69, 9.17) is 0 Å². The molecule has 1 unspecified atom stereocenters. The molecule has 0 saturated heterocycles. The Labute approximate surface area is 135 Å². The van der Waals surface area contributed by atoms with Gasteiger partial charge < -0.3 is 10.2 Å². The molecule has 0 fully saturated rings. The van der Waals surface area contributed by atoms with Crippen molar-refractivity contribution in [2.75, 3.05) is 19.0 Å². The molecule has 1 N–H and O–H groups in total. The number of benzene rings is 1. The summed E-state index contributed by atoms with van der Waals surface area (Å²) in [7, 11) is 4.06. The monoisotopic (exact) mass is 347 g/mol. The van der Waals surface area contributed by atoms with Crippen LogP contribution in [0.4, 0.5) is 5.69 Å². The molecule has 0 saturated carbocycles. The molecule has 1 atom stereocenters. The Balaban J connectivity index is 2.16.